The van der Waals surface area contributed by atoms with Gasteiger partial charge in [0.15, 0.2) is 4.77 Å². The quantitative estimate of drug-likeness (QED) is 0.628. The fourth-order valence-electron chi connectivity index (χ4n) is 2.29. The molecule has 4 heteroatoms. The molecule has 0 aliphatic heterocycles. The zero-order chi connectivity index (χ0) is 13.6. The summed E-state index contributed by atoms with van der Waals surface area (Å²) in [7, 11) is 0. The second kappa shape index (κ2) is 4.51. The number of aromatic amines is 1. The lowest BCUT2D eigenvalue weighted by atomic mass is 10.2. The van der Waals surface area contributed by atoms with E-state index in [0.717, 1.165) is 27.3 Å². The number of hydrogen-bond donors (Lipinski definition) is 1. The number of rotatable bonds is 1. The lowest BCUT2D eigenvalue weighted by Gasteiger charge is -2.09. The van der Waals surface area contributed by atoms with Crippen LogP contribution >= 0.6 is 23.8 Å². The normalized spacial score (nSPS) is 11.1. The Morgan fingerprint density at radius 1 is 1.16 bits per heavy atom. The smallest absolute Gasteiger partial charge is 0.182 e. The van der Waals surface area contributed by atoms with Crippen LogP contribution in [0.3, 0.4) is 0 Å². The minimum atomic E-state index is 0.686. The number of hydrogen-bond acceptors (Lipinski definition) is 1. The van der Waals surface area contributed by atoms with Gasteiger partial charge < -0.3 is 4.98 Å². The summed E-state index contributed by atoms with van der Waals surface area (Å²) < 4.78 is 2.73. The van der Waals surface area contributed by atoms with Crippen molar-refractivity contribution in [3.05, 3.63) is 57.3 Å². The van der Waals surface area contributed by atoms with Gasteiger partial charge in [0.05, 0.1) is 16.7 Å². The van der Waals surface area contributed by atoms with E-state index >= 15 is 0 Å². The average molecular weight is 289 g/mol. The highest BCUT2D eigenvalue weighted by atomic mass is 35.5. The van der Waals surface area contributed by atoms with E-state index in [1.165, 1.54) is 5.56 Å². The first-order valence-corrected chi connectivity index (χ1v) is 6.83. The summed E-state index contributed by atoms with van der Waals surface area (Å²) in [6.07, 6.45) is 0. The van der Waals surface area contributed by atoms with Gasteiger partial charge in [0.25, 0.3) is 0 Å². The molecule has 3 rings (SSSR count). The van der Waals surface area contributed by atoms with E-state index in [4.69, 9.17) is 23.8 Å². The highest BCUT2D eigenvalue weighted by Crippen LogP contribution is 2.26. The predicted octanol–water partition coefficient (Wildman–Crippen LogP) is 4.96. The van der Waals surface area contributed by atoms with Gasteiger partial charge in [-0.25, -0.2) is 0 Å². The summed E-state index contributed by atoms with van der Waals surface area (Å²) in [5.41, 5.74) is 5.37. The van der Waals surface area contributed by atoms with E-state index in [-0.39, 0.29) is 0 Å². The SMILES string of the molecule is Cc1ccc2[nH]c(=S)n(-c3cccc(Cl)c3C)c2c1. The van der Waals surface area contributed by atoms with Crippen LogP contribution in [0, 0.1) is 18.6 Å². The number of aromatic nitrogens is 2. The van der Waals surface area contributed by atoms with E-state index in [1.807, 2.05) is 29.7 Å². The minimum absolute atomic E-state index is 0.686. The average Bonchev–Trinajstić information content (AvgIpc) is 2.69. The summed E-state index contributed by atoms with van der Waals surface area (Å²) in [4.78, 5) is 3.23. The molecular formula is C15H13ClN2S. The molecule has 0 saturated carbocycles. The van der Waals surface area contributed by atoms with Gasteiger partial charge in [-0.05, 0) is 61.5 Å². The molecule has 0 atom stereocenters. The Morgan fingerprint density at radius 2 is 1.95 bits per heavy atom. The Kier molecular flexibility index (Phi) is 2.96. The van der Waals surface area contributed by atoms with Gasteiger partial charge >= 0.3 is 0 Å². The molecule has 1 heterocycles. The van der Waals surface area contributed by atoms with Crippen molar-refractivity contribution in [1.29, 1.82) is 0 Å². The second-order valence-electron chi connectivity index (χ2n) is 4.67. The first-order chi connectivity index (χ1) is 9.08. The summed E-state index contributed by atoms with van der Waals surface area (Å²) in [6.45, 7) is 4.08. The molecule has 0 radical (unpaired) electrons. The third-order valence-corrected chi connectivity index (χ3v) is 4.01. The van der Waals surface area contributed by atoms with Crippen LogP contribution in [0.5, 0.6) is 0 Å². The fraction of sp³-hybridized carbons (Fsp3) is 0.133. The maximum absolute atomic E-state index is 6.21. The molecule has 0 fully saturated rings. The van der Waals surface area contributed by atoms with Crippen LogP contribution in [0.15, 0.2) is 36.4 Å². The Morgan fingerprint density at radius 3 is 2.74 bits per heavy atom. The van der Waals surface area contributed by atoms with Crippen molar-refractivity contribution >= 4 is 34.9 Å². The van der Waals surface area contributed by atoms with Crippen molar-refractivity contribution in [2.75, 3.05) is 0 Å². The molecule has 1 aromatic heterocycles. The zero-order valence-corrected chi connectivity index (χ0v) is 12.3. The van der Waals surface area contributed by atoms with Gasteiger partial charge in [-0.15, -0.1) is 0 Å². The molecule has 0 saturated heterocycles. The fourth-order valence-corrected chi connectivity index (χ4v) is 2.77. The third kappa shape index (κ3) is 1.99. The van der Waals surface area contributed by atoms with Crippen LogP contribution in [-0.4, -0.2) is 9.55 Å². The molecule has 0 aliphatic carbocycles. The van der Waals surface area contributed by atoms with Crippen molar-refractivity contribution in [3.63, 3.8) is 0 Å². The monoisotopic (exact) mass is 288 g/mol. The largest absolute Gasteiger partial charge is 0.330 e. The highest BCUT2D eigenvalue weighted by Gasteiger charge is 2.10. The maximum atomic E-state index is 6.21. The van der Waals surface area contributed by atoms with Gasteiger partial charge in [0, 0.05) is 5.02 Å². The minimum Gasteiger partial charge on any atom is -0.330 e. The highest BCUT2D eigenvalue weighted by molar-refractivity contribution is 7.71. The Bertz CT molecular complexity index is 830. The number of H-pyrrole nitrogens is 1. The topological polar surface area (TPSA) is 20.7 Å². The Hall–Kier alpha value is -1.58. The first kappa shape index (κ1) is 12.5. The van der Waals surface area contributed by atoms with Crippen molar-refractivity contribution in [2.24, 2.45) is 0 Å². The molecule has 96 valence electrons. The van der Waals surface area contributed by atoms with Crippen LogP contribution < -0.4 is 0 Å². The molecule has 2 nitrogen and oxygen atoms in total. The number of imidazole rings is 1. The number of benzene rings is 2. The van der Waals surface area contributed by atoms with E-state index in [2.05, 4.69) is 30.1 Å². The van der Waals surface area contributed by atoms with Crippen LogP contribution in [0.1, 0.15) is 11.1 Å². The van der Waals surface area contributed by atoms with Crippen molar-refractivity contribution < 1.29 is 0 Å². The number of nitrogens with one attached hydrogen (secondary N) is 1. The van der Waals surface area contributed by atoms with E-state index in [9.17, 15) is 0 Å². The van der Waals surface area contributed by atoms with Gasteiger partial charge in [-0.1, -0.05) is 23.7 Å². The molecule has 19 heavy (non-hydrogen) atoms. The molecule has 0 unspecified atom stereocenters. The number of fused-ring (bicyclic) bond motifs is 1. The lowest BCUT2D eigenvalue weighted by Crippen LogP contribution is -1.97. The second-order valence-corrected chi connectivity index (χ2v) is 5.46. The molecule has 0 amide bonds. The van der Waals surface area contributed by atoms with Gasteiger partial charge in [0.2, 0.25) is 0 Å². The van der Waals surface area contributed by atoms with E-state index in [1.54, 1.807) is 0 Å². The number of halogens is 1. The standard InChI is InChI=1S/C15H13ClN2S/c1-9-6-7-12-14(8-9)18(15(19)17-12)13-5-3-4-11(16)10(13)2/h3-8H,1-2H3,(H,17,19). The first-order valence-electron chi connectivity index (χ1n) is 6.05. The summed E-state index contributed by atoms with van der Waals surface area (Å²) in [6, 6.07) is 12.1. The van der Waals surface area contributed by atoms with Crippen molar-refractivity contribution in [1.82, 2.24) is 9.55 Å². The summed E-state index contributed by atoms with van der Waals surface area (Å²) in [5.74, 6) is 0. The summed E-state index contributed by atoms with van der Waals surface area (Å²) >= 11 is 11.7. The number of nitrogens with zero attached hydrogens (tertiary/aromatic N) is 1. The van der Waals surface area contributed by atoms with Crippen LogP contribution in [-0.2, 0) is 0 Å². The van der Waals surface area contributed by atoms with Gasteiger partial charge in [-0.2, -0.15) is 0 Å². The lowest BCUT2D eigenvalue weighted by molar-refractivity contribution is 1.05. The molecular weight excluding hydrogens is 276 g/mol. The van der Waals surface area contributed by atoms with Crippen LogP contribution in [0.4, 0.5) is 0 Å². The van der Waals surface area contributed by atoms with Crippen LogP contribution in [0.2, 0.25) is 5.02 Å². The van der Waals surface area contributed by atoms with Crippen molar-refractivity contribution in [2.45, 2.75) is 13.8 Å². The molecule has 3 aromatic rings. The maximum Gasteiger partial charge on any atom is 0.182 e. The molecule has 2 aromatic carbocycles. The molecule has 0 aliphatic rings. The number of aryl methyl sites for hydroxylation is 1. The Balaban J connectivity index is 2.42. The molecule has 0 spiro atoms. The van der Waals surface area contributed by atoms with Crippen LogP contribution in [0.25, 0.3) is 16.7 Å². The molecule has 0 bridgehead atoms. The zero-order valence-electron chi connectivity index (χ0n) is 10.7. The van der Waals surface area contributed by atoms with Gasteiger partial charge in [0.1, 0.15) is 0 Å². The predicted molar refractivity (Wildman–Crippen MR) is 82.9 cm³/mol. The van der Waals surface area contributed by atoms with Crippen molar-refractivity contribution in [3.8, 4) is 5.69 Å². The molecule has 1 N–H and O–H groups in total. The third-order valence-electron chi connectivity index (χ3n) is 3.32. The van der Waals surface area contributed by atoms with Gasteiger partial charge in [-0.3, -0.25) is 4.57 Å². The van der Waals surface area contributed by atoms with E-state index < -0.39 is 0 Å². The Labute approximate surface area is 121 Å². The summed E-state index contributed by atoms with van der Waals surface area (Å²) in [5, 5.41) is 0.751. The van der Waals surface area contributed by atoms with E-state index in [0.29, 0.717) is 4.77 Å².